The van der Waals surface area contributed by atoms with Crippen molar-refractivity contribution in [2.24, 2.45) is 16.7 Å². The number of hydrogen-bond acceptors (Lipinski definition) is 3. The molecule has 6 nitrogen and oxygen atoms in total. The molecule has 96 valence electrons. The van der Waals surface area contributed by atoms with E-state index in [1.807, 2.05) is 0 Å². The molecule has 16 heavy (non-hydrogen) atoms. The van der Waals surface area contributed by atoms with Crippen LogP contribution >= 0.6 is 0 Å². The Morgan fingerprint density at radius 3 is 1.94 bits per heavy atom. The number of aliphatic carboxylic acids is 2. The fraction of sp³-hybridized carbons (Fsp3) is 0.800. The van der Waals surface area contributed by atoms with Gasteiger partial charge in [-0.1, -0.05) is 13.8 Å². The van der Waals surface area contributed by atoms with Crippen LogP contribution in [0.15, 0.2) is 0 Å². The molecule has 0 saturated heterocycles. The SMILES string of the molecule is CC1(C)[C@H](C(=O)[O-])CC[C@]1(C)C(=O)O.O.[NH4+]. The molecule has 0 aromatic heterocycles. The van der Waals surface area contributed by atoms with Crippen LogP contribution in [-0.2, 0) is 9.59 Å². The quantitative estimate of drug-likeness (QED) is 0.683. The second-order valence-corrected chi connectivity index (χ2v) is 4.77. The monoisotopic (exact) mass is 235 g/mol. The summed E-state index contributed by atoms with van der Waals surface area (Å²) in [6.45, 7) is 4.99. The first-order valence-electron chi connectivity index (χ1n) is 4.68. The highest BCUT2D eigenvalue weighted by Crippen LogP contribution is 2.55. The van der Waals surface area contributed by atoms with Gasteiger partial charge in [0.1, 0.15) is 0 Å². The Morgan fingerprint density at radius 1 is 1.31 bits per heavy atom. The normalized spacial score (nSPS) is 31.1. The lowest BCUT2D eigenvalue weighted by atomic mass is 9.66. The highest BCUT2D eigenvalue weighted by Gasteiger charge is 2.56. The van der Waals surface area contributed by atoms with Gasteiger partial charge in [-0.05, 0) is 25.2 Å². The van der Waals surface area contributed by atoms with E-state index >= 15 is 0 Å². The van der Waals surface area contributed by atoms with E-state index in [1.165, 1.54) is 0 Å². The fourth-order valence-corrected chi connectivity index (χ4v) is 2.30. The Kier molecular flexibility index (Phi) is 5.17. The van der Waals surface area contributed by atoms with Crippen molar-refractivity contribution in [3.05, 3.63) is 0 Å². The molecule has 1 aliphatic rings. The number of carbonyl (C=O) groups is 2. The van der Waals surface area contributed by atoms with Crippen LogP contribution in [0, 0.1) is 16.7 Å². The van der Waals surface area contributed by atoms with Crippen molar-refractivity contribution < 1.29 is 25.3 Å². The van der Waals surface area contributed by atoms with E-state index in [-0.39, 0.29) is 11.6 Å². The maximum Gasteiger partial charge on any atom is 0.309 e. The molecule has 7 N–H and O–H groups in total. The van der Waals surface area contributed by atoms with Gasteiger partial charge in [0.15, 0.2) is 0 Å². The molecule has 0 spiro atoms. The fourth-order valence-electron chi connectivity index (χ4n) is 2.30. The molecular weight excluding hydrogens is 214 g/mol. The zero-order valence-corrected chi connectivity index (χ0v) is 10.2. The second kappa shape index (κ2) is 4.80. The minimum Gasteiger partial charge on any atom is -0.550 e. The van der Waals surface area contributed by atoms with Crippen molar-refractivity contribution in [2.45, 2.75) is 33.6 Å². The van der Waals surface area contributed by atoms with E-state index in [0.29, 0.717) is 12.8 Å². The van der Waals surface area contributed by atoms with Gasteiger partial charge >= 0.3 is 5.97 Å². The average Bonchev–Trinajstić information content (AvgIpc) is 2.24. The van der Waals surface area contributed by atoms with Gasteiger partial charge in [-0.15, -0.1) is 0 Å². The summed E-state index contributed by atoms with van der Waals surface area (Å²) in [6, 6.07) is 0. The number of rotatable bonds is 2. The van der Waals surface area contributed by atoms with Gasteiger partial charge < -0.3 is 26.6 Å². The summed E-state index contributed by atoms with van der Waals surface area (Å²) in [6.07, 6.45) is 0.784. The van der Waals surface area contributed by atoms with Crippen LogP contribution in [0.2, 0.25) is 0 Å². The number of hydrogen-bond donors (Lipinski definition) is 2. The second-order valence-electron chi connectivity index (χ2n) is 4.77. The molecule has 0 aliphatic heterocycles. The lowest BCUT2D eigenvalue weighted by molar-refractivity contribution is -0.315. The average molecular weight is 235 g/mol. The molecule has 1 saturated carbocycles. The summed E-state index contributed by atoms with van der Waals surface area (Å²) in [5.74, 6) is -2.73. The van der Waals surface area contributed by atoms with Crippen LogP contribution in [0.1, 0.15) is 33.6 Å². The number of carboxylic acid groups (broad SMARTS) is 2. The van der Waals surface area contributed by atoms with Crippen LogP contribution in [0.5, 0.6) is 0 Å². The van der Waals surface area contributed by atoms with Crippen molar-refractivity contribution in [3.8, 4) is 0 Å². The smallest absolute Gasteiger partial charge is 0.309 e. The molecular formula is C10H21NO5. The Morgan fingerprint density at radius 2 is 1.75 bits per heavy atom. The van der Waals surface area contributed by atoms with E-state index in [4.69, 9.17) is 5.11 Å². The van der Waals surface area contributed by atoms with Crippen molar-refractivity contribution in [3.63, 3.8) is 0 Å². The van der Waals surface area contributed by atoms with Crippen molar-refractivity contribution >= 4 is 11.9 Å². The molecule has 1 rings (SSSR count). The molecule has 1 aliphatic carbocycles. The van der Waals surface area contributed by atoms with Gasteiger partial charge in [0.2, 0.25) is 0 Å². The third-order valence-corrected chi connectivity index (χ3v) is 3.98. The lowest BCUT2D eigenvalue weighted by Gasteiger charge is -2.38. The zero-order valence-electron chi connectivity index (χ0n) is 10.2. The summed E-state index contributed by atoms with van der Waals surface area (Å²) < 4.78 is 0. The maximum atomic E-state index is 11.1. The largest absolute Gasteiger partial charge is 0.550 e. The van der Waals surface area contributed by atoms with Crippen LogP contribution < -0.4 is 11.3 Å². The van der Waals surface area contributed by atoms with Gasteiger partial charge in [-0.25, -0.2) is 0 Å². The van der Waals surface area contributed by atoms with E-state index in [1.54, 1.807) is 20.8 Å². The summed E-state index contributed by atoms with van der Waals surface area (Å²) in [4.78, 5) is 21.9. The third-order valence-electron chi connectivity index (χ3n) is 3.98. The number of carbonyl (C=O) groups excluding carboxylic acids is 1. The van der Waals surface area contributed by atoms with Gasteiger partial charge in [0.25, 0.3) is 0 Å². The van der Waals surface area contributed by atoms with Crippen LogP contribution in [0.25, 0.3) is 0 Å². The topological polar surface area (TPSA) is 145 Å². The first kappa shape index (κ1) is 17.3. The minimum atomic E-state index is -1.14. The van der Waals surface area contributed by atoms with Crippen LogP contribution in [0.4, 0.5) is 0 Å². The Balaban J connectivity index is 0. The molecule has 6 heteroatoms. The minimum absolute atomic E-state index is 0. The summed E-state index contributed by atoms with van der Waals surface area (Å²) in [5.41, 5.74) is -1.71. The summed E-state index contributed by atoms with van der Waals surface area (Å²) in [7, 11) is 0. The molecule has 0 aromatic rings. The molecule has 1 fully saturated rings. The van der Waals surface area contributed by atoms with E-state index in [9.17, 15) is 14.7 Å². The van der Waals surface area contributed by atoms with Crippen molar-refractivity contribution in [1.82, 2.24) is 6.15 Å². The van der Waals surface area contributed by atoms with Crippen LogP contribution in [0.3, 0.4) is 0 Å². The first-order valence-corrected chi connectivity index (χ1v) is 4.68. The molecule has 0 amide bonds. The van der Waals surface area contributed by atoms with Gasteiger partial charge in [0.05, 0.1) is 5.41 Å². The third kappa shape index (κ3) is 2.03. The Bertz CT molecular complexity index is 289. The van der Waals surface area contributed by atoms with Crippen LogP contribution in [-0.4, -0.2) is 22.5 Å². The zero-order chi connectivity index (χ0) is 11.1. The van der Waals surface area contributed by atoms with Gasteiger partial charge in [-0.2, -0.15) is 0 Å². The molecule has 0 aromatic carbocycles. The van der Waals surface area contributed by atoms with E-state index < -0.39 is 28.7 Å². The Hall–Kier alpha value is -1.14. The molecule has 0 radical (unpaired) electrons. The van der Waals surface area contributed by atoms with Gasteiger partial charge in [0, 0.05) is 11.9 Å². The van der Waals surface area contributed by atoms with Crippen molar-refractivity contribution in [2.75, 3.05) is 0 Å². The summed E-state index contributed by atoms with van der Waals surface area (Å²) in [5, 5.41) is 19.9. The van der Waals surface area contributed by atoms with E-state index in [0.717, 1.165) is 0 Å². The van der Waals surface area contributed by atoms with Crippen molar-refractivity contribution in [1.29, 1.82) is 0 Å². The molecule has 2 atom stereocenters. The van der Waals surface area contributed by atoms with Gasteiger partial charge in [-0.3, -0.25) is 4.79 Å². The molecule has 0 bridgehead atoms. The predicted octanol–water partition coefficient (Wildman–Crippen LogP) is -0.185. The van der Waals surface area contributed by atoms with E-state index in [2.05, 4.69) is 0 Å². The summed E-state index contributed by atoms with van der Waals surface area (Å²) >= 11 is 0. The highest BCUT2D eigenvalue weighted by atomic mass is 16.4. The highest BCUT2D eigenvalue weighted by molar-refractivity contribution is 5.79. The number of carboxylic acids is 2. The maximum absolute atomic E-state index is 11.1. The lowest BCUT2D eigenvalue weighted by Crippen LogP contribution is -2.46. The standard InChI is InChI=1S/C10H16O4.H3N.H2O/c1-9(2)6(7(11)12)4-5-10(9,3)8(13)14;;/h6H,4-5H2,1-3H3,(H,11,12)(H,13,14);1H3;1H2/t6-,10+;;/m0../s1. The molecule has 0 unspecified atom stereocenters. The molecule has 0 heterocycles. The number of quaternary nitrogens is 1. The Labute approximate surface area is 94.5 Å². The first-order chi connectivity index (χ1) is 6.23. The predicted molar refractivity (Wildman–Crippen MR) is 56.9 cm³/mol.